The smallest absolute Gasteiger partial charge is 0.333 e. The van der Waals surface area contributed by atoms with Crippen LogP contribution in [0.3, 0.4) is 0 Å². The van der Waals surface area contributed by atoms with E-state index in [4.69, 9.17) is 32.8 Å². The van der Waals surface area contributed by atoms with Crippen molar-refractivity contribution in [3.8, 4) is 11.5 Å². The average Bonchev–Trinajstić information content (AvgIpc) is 3.05. The summed E-state index contributed by atoms with van der Waals surface area (Å²) in [7, 11) is 6.96. The zero-order valence-electron chi connectivity index (χ0n) is 33.2. The highest BCUT2D eigenvalue weighted by atomic mass is 28.4. The van der Waals surface area contributed by atoms with Crippen LogP contribution in [0.15, 0.2) is 47.6 Å². The third-order valence-corrected chi connectivity index (χ3v) is 14.3. The van der Waals surface area contributed by atoms with E-state index in [9.17, 15) is 14.9 Å². The molecule has 0 aliphatic carbocycles. The molecule has 0 aliphatic rings. The van der Waals surface area contributed by atoms with Gasteiger partial charge in [0, 0.05) is 44.3 Å². The maximum absolute atomic E-state index is 11.9. The van der Waals surface area contributed by atoms with Crippen molar-refractivity contribution in [1.29, 1.82) is 0 Å². The first kappa shape index (κ1) is 45.0. The van der Waals surface area contributed by atoms with E-state index in [1.165, 1.54) is 27.4 Å². The van der Waals surface area contributed by atoms with Gasteiger partial charge in [-0.2, -0.15) is 0 Å². The Kier molecular flexibility index (Phi) is 18.1. The Hall–Kier alpha value is -3.03. The number of carbonyl (C=O) groups excluding carboxylic acids is 1. The molecule has 1 aromatic rings. The second kappa shape index (κ2) is 20.1. The quantitative estimate of drug-likeness (QED) is 0.0246. The number of esters is 1. The van der Waals surface area contributed by atoms with Gasteiger partial charge in [-0.1, -0.05) is 65.8 Å². The number of benzene rings is 1. The maximum Gasteiger partial charge on any atom is 0.333 e. The van der Waals surface area contributed by atoms with E-state index < -0.39 is 19.3 Å². The Morgan fingerprint density at radius 2 is 1.56 bits per heavy atom. The first-order chi connectivity index (χ1) is 23.2. The summed E-state index contributed by atoms with van der Waals surface area (Å²) in [5, 5.41) is 11.9. The number of methoxy groups -OCH3 is 6. The SMILES string of the molecule is COC(=O)/C(C)=C/C=C/[C@H](C)[C@@H](O[Si](C)(C)C(C)(C)C)/C(C)=C/[C@H](C)[C@@H](OC)[C@H](C[C@H](C)[C@@H](OC)c1cc(OC)cc([N+](=O)[O-])c1OC)OC. The molecule has 7 atom stereocenters. The van der Waals surface area contributed by atoms with Gasteiger partial charge in [0.2, 0.25) is 5.75 Å². The van der Waals surface area contributed by atoms with Crippen LogP contribution in [0.5, 0.6) is 11.5 Å². The van der Waals surface area contributed by atoms with Crippen LogP contribution in [-0.4, -0.2) is 80.2 Å². The molecule has 0 spiro atoms. The van der Waals surface area contributed by atoms with Crippen molar-refractivity contribution in [2.24, 2.45) is 17.8 Å². The van der Waals surface area contributed by atoms with E-state index >= 15 is 0 Å². The summed E-state index contributed by atoms with van der Waals surface area (Å²) >= 11 is 0. The highest BCUT2D eigenvalue weighted by Crippen LogP contribution is 2.44. The molecule has 0 aliphatic heterocycles. The number of hydrogen-bond donors (Lipinski definition) is 0. The predicted octanol–water partition coefficient (Wildman–Crippen LogP) is 8.64. The van der Waals surface area contributed by atoms with Crippen molar-refractivity contribution in [3.63, 3.8) is 0 Å². The fourth-order valence-electron chi connectivity index (χ4n) is 5.94. The van der Waals surface area contributed by atoms with Crippen LogP contribution in [0.2, 0.25) is 18.1 Å². The summed E-state index contributed by atoms with van der Waals surface area (Å²) in [5.74, 6) is -0.143. The average molecular weight is 722 g/mol. The molecule has 0 radical (unpaired) electrons. The number of nitrogens with zero attached hydrogens (tertiary/aromatic N) is 1. The number of rotatable bonds is 20. The zero-order valence-corrected chi connectivity index (χ0v) is 34.2. The molecule has 1 aromatic carbocycles. The van der Waals surface area contributed by atoms with Gasteiger partial charge in [0.05, 0.1) is 56.7 Å². The fourth-order valence-corrected chi connectivity index (χ4v) is 7.33. The molecule has 12 heteroatoms. The van der Waals surface area contributed by atoms with Crippen LogP contribution in [0, 0.1) is 27.9 Å². The van der Waals surface area contributed by atoms with Gasteiger partial charge in [-0.05, 0) is 56.0 Å². The molecule has 0 bridgehead atoms. The lowest BCUT2D eigenvalue weighted by molar-refractivity contribution is -0.385. The van der Waals surface area contributed by atoms with Gasteiger partial charge < -0.3 is 32.8 Å². The molecule has 50 heavy (non-hydrogen) atoms. The predicted molar refractivity (Wildman–Crippen MR) is 200 cm³/mol. The molecule has 0 fully saturated rings. The molecule has 0 amide bonds. The van der Waals surface area contributed by atoms with Crippen LogP contribution in [0.1, 0.15) is 73.5 Å². The molecular formula is C38H63NO10Si. The second-order valence-electron chi connectivity index (χ2n) is 14.5. The minimum atomic E-state index is -2.19. The molecule has 11 nitrogen and oxygen atoms in total. The van der Waals surface area contributed by atoms with Gasteiger partial charge in [0.25, 0.3) is 0 Å². The van der Waals surface area contributed by atoms with Crippen LogP contribution in [0.4, 0.5) is 5.69 Å². The van der Waals surface area contributed by atoms with Gasteiger partial charge in [0.1, 0.15) is 5.75 Å². The van der Waals surface area contributed by atoms with E-state index in [0.29, 0.717) is 23.3 Å². The lowest BCUT2D eigenvalue weighted by Crippen LogP contribution is -2.45. The van der Waals surface area contributed by atoms with Gasteiger partial charge >= 0.3 is 11.7 Å². The van der Waals surface area contributed by atoms with Crippen molar-refractivity contribution in [3.05, 3.63) is 63.3 Å². The third kappa shape index (κ3) is 12.0. The minimum absolute atomic E-state index is 0.00191. The molecule has 0 N–H and O–H groups in total. The summed E-state index contributed by atoms with van der Waals surface area (Å²) < 4.78 is 40.8. The van der Waals surface area contributed by atoms with Crippen molar-refractivity contribution in [1.82, 2.24) is 0 Å². The Morgan fingerprint density at radius 3 is 2.02 bits per heavy atom. The molecule has 0 heterocycles. The third-order valence-electron chi connectivity index (χ3n) is 9.80. The summed E-state index contributed by atoms with van der Waals surface area (Å²) in [6, 6.07) is 3.05. The molecule has 0 unspecified atom stereocenters. The van der Waals surface area contributed by atoms with Gasteiger partial charge in [-0.25, -0.2) is 4.79 Å². The maximum atomic E-state index is 11.9. The van der Waals surface area contributed by atoms with E-state index in [0.717, 1.165) is 5.57 Å². The highest BCUT2D eigenvalue weighted by Gasteiger charge is 2.41. The number of hydrogen-bond acceptors (Lipinski definition) is 10. The van der Waals surface area contributed by atoms with Crippen molar-refractivity contribution in [2.45, 2.75) is 104 Å². The molecule has 1 rings (SSSR count). The molecule has 0 aromatic heterocycles. The number of allylic oxidation sites excluding steroid dienone is 2. The highest BCUT2D eigenvalue weighted by molar-refractivity contribution is 6.74. The molecular weight excluding hydrogens is 659 g/mol. The molecule has 284 valence electrons. The Bertz CT molecular complexity index is 1350. The first-order valence-corrected chi connectivity index (χ1v) is 19.9. The fraction of sp³-hybridized carbons (Fsp3) is 0.658. The van der Waals surface area contributed by atoms with E-state index in [-0.39, 0.29) is 58.5 Å². The normalized spacial score (nSPS) is 17.4. The van der Waals surface area contributed by atoms with Gasteiger partial charge in [-0.3, -0.25) is 10.1 Å². The summed E-state index contributed by atoms with van der Waals surface area (Å²) in [4.78, 5) is 23.3. The van der Waals surface area contributed by atoms with E-state index in [1.54, 1.807) is 40.4 Å². The van der Waals surface area contributed by atoms with E-state index in [2.05, 4.69) is 66.8 Å². The largest absolute Gasteiger partial charge is 0.496 e. The lowest BCUT2D eigenvalue weighted by atomic mass is 9.86. The second-order valence-corrected chi connectivity index (χ2v) is 19.3. The minimum Gasteiger partial charge on any atom is -0.496 e. The van der Waals surface area contributed by atoms with Crippen LogP contribution in [0.25, 0.3) is 0 Å². The van der Waals surface area contributed by atoms with E-state index in [1.807, 2.05) is 13.0 Å². The van der Waals surface area contributed by atoms with Crippen LogP contribution in [-0.2, 0) is 28.2 Å². The lowest BCUT2D eigenvalue weighted by Gasteiger charge is -2.41. The number of ether oxygens (including phenoxy) is 6. The van der Waals surface area contributed by atoms with Crippen LogP contribution >= 0.6 is 0 Å². The van der Waals surface area contributed by atoms with Crippen LogP contribution < -0.4 is 9.47 Å². The van der Waals surface area contributed by atoms with Gasteiger partial charge in [-0.15, -0.1) is 0 Å². The Labute approximate surface area is 301 Å². The summed E-state index contributed by atoms with van der Waals surface area (Å²) in [6.45, 7) is 21.2. The van der Waals surface area contributed by atoms with Crippen molar-refractivity contribution >= 4 is 20.0 Å². The zero-order chi connectivity index (χ0) is 38.6. The standard InChI is InChI=1S/C38H63NO10Si/c1-24(18-17-19-25(2)37(40)48-14)33(49-50(15,16)38(6,7)8)26(3)20-27(4)35(46-12)32(44-10)21-28(5)34(45-11)30-22-29(43-9)23-31(39(41)42)36(30)47-13/h17-20,22-24,27-28,32-35H,21H2,1-16H3/b18-17+,25-19+,26-20+/t24-,27-,28-,32-,33+,34+,35+/m0/s1. The first-order valence-electron chi connectivity index (χ1n) is 17.0. The summed E-state index contributed by atoms with van der Waals surface area (Å²) in [6.07, 6.45) is 6.96. The molecule has 0 saturated carbocycles. The Balaban J connectivity index is 3.50. The Morgan fingerprint density at radius 1 is 0.940 bits per heavy atom. The topological polar surface area (TPSA) is 125 Å². The summed E-state index contributed by atoms with van der Waals surface area (Å²) in [5.41, 5.74) is 1.91. The molecule has 0 saturated heterocycles. The van der Waals surface area contributed by atoms with Crippen molar-refractivity contribution in [2.75, 3.05) is 42.7 Å². The van der Waals surface area contributed by atoms with Gasteiger partial charge in [0.15, 0.2) is 8.32 Å². The van der Waals surface area contributed by atoms with Crippen molar-refractivity contribution < 1.29 is 42.6 Å². The number of nitro benzene ring substituents is 1. The monoisotopic (exact) mass is 721 g/mol. The number of nitro groups is 1. The number of carbonyl (C=O) groups is 1.